The zero-order chi connectivity index (χ0) is 18.0. The van der Waals surface area contributed by atoms with E-state index < -0.39 is 0 Å². The predicted octanol–water partition coefficient (Wildman–Crippen LogP) is 5.55. The largest absolute Gasteiger partial charge is 0.436 e. The van der Waals surface area contributed by atoms with Gasteiger partial charge in [-0.15, -0.1) is 0 Å². The molecule has 0 aliphatic rings. The fourth-order valence-corrected chi connectivity index (χ4v) is 2.85. The number of fused-ring (bicyclic) bond motifs is 1. The van der Waals surface area contributed by atoms with Gasteiger partial charge >= 0.3 is 0 Å². The number of benzene rings is 2. The number of hydrogen-bond donors (Lipinski definition) is 1. The molecule has 1 heterocycles. The molecular formula is C21H24N2O2. The van der Waals surface area contributed by atoms with E-state index in [1.54, 1.807) is 0 Å². The minimum absolute atomic E-state index is 0.0471. The van der Waals surface area contributed by atoms with Crippen LogP contribution >= 0.6 is 0 Å². The second-order valence-electron chi connectivity index (χ2n) is 6.55. The van der Waals surface area contributed by atoms with E-state index in [0.717, 1.165) is 40.8 Å². The van der Waals surface area contributed by atoms with Gasteiger partial charge in [-0.3, -0.25) is 4.79 Å². The maximum atomic E-state index is 12.0. The van der Waals surface area contributed by atoms with Gasteiger partial charge in [-0.05, 0) is 68.1 Å². The first-order valence-electron chi connectivity index (χ1n) is 8.77. The number of amides is 1. The van der Waals surface area contributed by atoms with E-state index in [1.807, 2.05) is 37.3 Å². The molecule has 130 valence electrons. The fraction of sp³-hybridized carbons (Fsp3) is 0.333. The summed E-state index contributed by atoms with van der Waals surface area (Å²) < 4.78 is 5.97. The van der Waals surface area contributed by atoms with Gasteiger partial charge in [0.05, 0.1) is 0 Å². The van der Waals surface area contributed by atoms with Crippen LogP contribution in [-0.2, 0) is 4.79 Å². The Morgan fingerprint density at radius 1 is 1.16 bits per heavy atom. The summed E-state index contributed by atoms with van der Waals surface area (Å²) in [4.78, 5) is 16.7. The summed E-state index contributed by atoms with van der Waals surface area (Å²) in [5.74, 6) is 0.632. The molecule has 0 unspecified atom stereocenters. The number of hydrogen-bond acceptors (Lipinski definition) is 3. The summed E-state index contributed by atoms with van der Waals surface area (Å²) >= 11 is 0. The van der Waals surface area contributed by atoms with E-state index in [-0.39, 0.29) is 5.91 Å². The van der Waals surface area contributed by atoms with E-state index >= 15 is 0 Å². The molecule has 0 bridgehead atoms. The highest BCUT2D eigenvalue weighted by Crippen LogP contribution is 2.31. The van der Waals surface area contributed by atoms with Crippen LogP contribution in [0.15, 0.2) is 34.7 Å². The number of aromatic nitrogens is 1. The third kappa shape index (κ3) is 3.58. The third-order valence-corrected chi connectivity index (χ3v) is 4.60. The van der Waals surface area contributed by atoms with Crippen LogP contribution in [0.4, 0.5) is 5.69 Å². The number of oxazole rings is 1. The molecule has 1 aromatic heterocycles. The van der Waals surface area contributed by atoms with Gasteiger partial charge in [0, 0.05) is 17.7 Å². The molecule has 0 atom stereocenters. The van der Waals surface area contributed by atoms with Gasteiger partial charge in [0.1, 0.15) is 5.52 Å². The van der Waals surface area contributed by atoms with E-state index in [2.05, 4.69) is 31.1 Å². The molecule has 0 aliphatic carbocycles. The molecule has 4 heteroatoms. The van der Waals surface area contributed by atoms with Gasteiger partial charge in [-0.25, -0.2) is 4.98 Å². The Labute approximate surface area is 148 Å². The number of rotatable bonds is 5. The molecule has 3 rings (SSSR count). The number of anilines is 1. The smallest absolute Gasteiger partial charge is 0.227 e. The lowest BCUT2D eigenvalue weighted by molar-refractivity contribution is -0.116. The maximum absolute atomic E-state index is 12.0. The molecule has 0 spiro atoms. The Morgan fingerprint density at radius 2 is 1.92 bits per heavy atom. The van der Waals surface area contributed by atoms with Crippen molar-refractivity contribution in [1.82, 2.24) is 4.98 Å². The molecular weight excluding hydrogens is 312 g/mol. The maximum Gasteiger partial charge on any atom is 0.227 e. The van der Waals surface area contributed by atoms with Gasteiger partial charge in [-0.1, -0.05) is 19.4 Å². The Balaban J connectivity index is 1.95. The van der Waals surface area contributed by atoms with Gasteiger partial charge in [0.2, 0.25) is 11.8 Å². The molecule has 1 amide bonds. The van der Waals surface area contributed by atoms with Crippen molar-refractivity contribution >= 4 is 22.7 Å². The summed E-state index contributed by atoms with van der Waals surface area (Å²) in [6.07, 6.45) is 2.45. The van der Waals surface area contributed by atoms with Crippen LogP contribution < -0.4 is 5.32 Å². The molecule has 0 fully saturated rings. The number of unbranched alkanes of at least 4 members (excludes halogenated alkanes) is 1. The zero-order valence-electron chi connectivity index (χ0n) is 15.3. The number of carbonyl (C=O) groups is 1. The quantitative estimate of drug-likeness (QED) is 0.664. The van der Waals surface area contributed by atoms with Gasteiger partial charge in [0.25, 0.3) is 0 Å². The van der Waals surface area contributed by atoms with Crippen LogP contribution in [0.3, 0.4) is 0 Å². The van der Waals surface area contributed by atoms with Crippen molar-refractivity contribution in [2.45, 2.75) is 47.0 Å². The summed E-state index contributed by atoms with van der Waals surface area (Å²) in [7, 11) is 0. The van der Waals surface area contributed by atoms with Crippen molar-refractivity contribution in [3.05, 3.63) is 47.0 Å². The van der Waals surface area contributed by atoms with E-state index in [1.165, 1.54) is 11.1 Å². The molecule has 0 radical (unpaired) electrons. The molecule has 0 saturated heterocycles. The predicted molar refractivity (Wildman–Crippen MR) is 102 cm³/mol. The van der Waals surface area contributed by atoms with Gasteiger partial charge in [0.15, 0.2) is 5.58 Å². The van der Waals surface area contributed by atoms with E-state index in [4.69, 9.17) is 4.42 Å². The number of carbonyl (C=O) groups excluding carboxylic acids is 1. The first kappa shape index (κ1) is 17.2. The van der Waals surface area contributed by atoms with Crippen molar-refractivity contribution in [2.75, 3.05) is 5.32 Å². The average molecular weight is 336 g/mol. The van der Waals surface area contributed by atoms with Crippen molar-refractivity contribution in [3.63, 3.8) is 0 Å². The Hall–Kier alpha value is -2.62. The Morgan fingerprint density at radius 3 is 2.68 bits per heavy atom. The molecule has 1 N–H and O–H groups in total. The van der Waals surface area contributed by atoms with Crippen LogP contribution in [0.2, 0.25) is 0 Å². The minimum atomic E-state index is 0.0471. The van der Waals surface area contributed by atoms with Crippen molar-refractivity contribution in [1.29, 1.82) is 0 Å². The molecule has 0 saturated carbocycles. The number of nitrogens with zero attached hydrogens (tertiary/aromatic N) is 1. The first-order chi connectivity index (χ1) is 12.0. The normalized spacial score (nSPS) is 11.0. The second kappa shape index (κ2) is 7.09. The topological polar surface area (TPSA) is 55.1 Å². The van der Waals surface area contributed by atoms with Gasteiger partial charge < -0.3 is 9.73 Å². The van der Waals surface area contributed by atoms with Crippen LogP contribution in [0, 0.1) is 20.8 Å². The SMILES string of the molecule is CCCCC(=O)Nc1cccc(-c2nc3cc(C)c(C)cc3o2)c1C. The van der Waals surface area contributed by atoms with Gasteiger partial charge in [-0.2, -0.15) is 0 Å². The number of nitrogens with one attached hydrogen (secondary N) is 1. The molecule has 2 aromatic carbocycles. The summed E-state index contributed by atoms with van der Waals surface area (Å²) in [5, 5.41) is 3.00. The minimum Gasteiger partial charge on any atom is -0.436 e. The monoisotopic (exact) mass is 336 g/mol. The summed E-state index contributed by atoms with van der Waals surface area (Å²) in [6.45, 7) is 8.20. The first-order valence-corrected chi connectivity index (χ1v) is 8.77. The van der Waals surface area contributed by atoms with E-state index in [0.29, 0.717) is 12.3 Å². The van der Waals surface area contributed by atoms with Crippen molar-refractivity contribution in [2.24, 2.45) is 0 Å². The highest BCUT2D eigenvalue weighted by atomic mass is 16.3. The Kier molecular flexibility index (Phi) is 4.88. The van der Waals surface area contributed by atoms with Crippen LogP contribution in [0.1, 0.15) is 42.9 Å². The second-order valence-corrected chi connectivity index (χ2v) is 6.55. The van der Waals surface area contributed by atoms with E-state index in [9.17, 15) is 4.79 Å². The highest BCUT2D eigenvalue weighted by molar-refractivity contribution is 5.92. The lowest BCUT2D eigenvalue weighted by Gasteiger charge is -2.10. The lowest BCUT2D eigenvalue weighted by Crippen LogP contribution is -2.12. The third-order valence-electron chi connectivity index (χ3n) is 4.60. The molecule has 25 heavy (non-hydrogen) atoms. The zero-order valence-corrected chi connectivity index (χ0v) is 15.3. The van der Waals surface area contributed by atoms with Crippen LogP contribution in [0.5, 0.6) is 0 Å². The lowest BCUT2D eigenvalue weighted by atomic mass is 10.1. The molecule has 4 nitrogen and oxygen atoms in total. The van der Waals surface area contributed by atoms with Crippen molar-refractivity contribution in [3.8, 4) is 11.5 Å². The van der Waals surface area contributed by atoms with Crippen LogP contribution in [0.25, 0.3) is 22.6 Å². The standard InChI is InChI=1S/C21H24N2O2/c1-5-6-10-20(24)22-17-9-7-8-16(15(17)4)21-23-18-11-13(2)14(3)12-19(18)25-21/h7-9,11-12H,5-6,10H2,1-4H3,(H,22,24). The summed E-state index contributed by atoms with van der Waals surface area (Å²) in [6, 6.07) is 9.88. The Bertz CT molecular complexity index is 886. The fourth-order valence-electron chi connectivity index (χ4n) is 2.85. The average Bonchev–Trinajstić information content (AvgIpc) is 2.97. The highest BCUT2D eigenvalue weighted by Gasteiger charge is 2.14. The van der Waals surface area contributed by atoms with Crippen LogP contribution in [-0.4, -0.2) is 10.9 Å². The number of aryl methyl sites for hydroxylation is 2. The van der Waals surface area contributed by atoms with Crippen molar-refractivity contribution < 1.29 is 9.21 Å². The molecule has 3 aromatic rings. The summed E-state index contributed by atoms with van der Waals surface area (Å²) in [5.41, 5.74) is 6.70. The molecule has 0 aliphatic heterocycles.